The Balaban J connectivity index is 1.66. The van der Waals surface area contributed by atoms with Crippen LogP contribution in [-0.2, 0) is 10.0 Å². The molecule has 1 fully saturated rings. The van der Waals surface area contributed by atoms with Gasteiger partial charge in [0.25, 0.3) is 0 Å². The summed E-state index contributed by atoms with van der Waals surface area (Å²) in [6, 6.07) is 7.71. The Labute approximate surface area is 180 Å². The Bertz CT molecular complexity index is 1050. The number of aromatic nitrogens is 1. The third kappa shape index (κ3) is 4.38. The molecule has 1 saturated heterocycles. The zero-order valence-corrected chi connectivity index (χ0v) is 19.7. The molecule has 1 aromatic heterocycles. The Morgan fingerprint density at radius 1 is 1.00 bits per heavy atom. The van der Waals surface area contributed by atoms with Gasteiger partial charge in [-0.3, -0.25) is 9.69 Å². The number of carbonyl (C=O) groups excluding carboxylic acids is 1. The summed E-state index contributed by atoms with van der Waals surface area (Å²) in [5.41, 5.74) is 4.69. The average Bonchev–Trinajstić information content (AvgIpc) is 2.96. The van der Waals surface area contributed by atoms with Crippen molar-refractivity contribution in [2.24, 2.45) is 0 Å². The number of hydrogen-bond acceptors (Lipinski definition) is 4. The highest BCUT2D eigenvalue weighted by Gasteiger charge is 2.30. The number of ketones is 1. The number of rotatable bonds is 6. The molecule has 0 radical (unpaired) electrons. The minimum Gasteiger partial charge on any atom is -0.346 e. The van der Waals surface area contributed by atoms with E-state index in [-0.39, 0.29) is 5.78 Å². The molecule has 3 rings (SSSR count). The van der Waals surface area contributed by atoms with Gasteiger partial charge in [-0.15, -0.1) is 0 Å². The van der Waals surface area contributed by atoms with Crippen LogP contribution in [0.3, 0.4) is 0 Å². The Kier molecular flexibility index (Phi) is 6.55. The van der Waals surface area contributed by atoms with Crippen LogP contribution < -0.4 is 0 Å². The van der Waals surface area contributed by atoms with Gasteiger partial charge in [-0.1, -0.05) is 17.7 Å². The summed E-state index contributed by atoms with van der Waals surface area (Å²) in [5, 5.41) is 0. The quantitative estimate of drug-likeness (QED) is 0.657. The third-order valence-corrected chi connectivity index (χ3v) is 8.01. The van der Waals surface area contributed by atoms with Crippen LogP contribution in [0.2, 0.25) is 0 Å². The second-order valence-corrected chi connectivity index (χ2v) is 10.5. The topological polar surface area (TPSA) is 62.6 Å². The SMILES string of the molecule is Cc1ccc(S(=O)(=O)N2CCN(CC(=O)c3cc(C)n(C(C)C)c3C)CC2)c(C)c1. The maximum atomic E-state index is 13.1. The van der Waals surface area contributed by atoms with Crippen molar-refractivity contribution in [2.45, 2.75) is 52.5 Å². The average molecular weight is 432 g/mol. The molecule has 0 amide bonds. The van der Waals surface area contributed by atoms with Gasteiger partial charge in [0.2, 0.25) is 10.0 Å². The first-order valence-electron chi connectivity index (χ1n) is 10.5. The second-order valence-electron chi connectivity index (χ2n) is 8.62. The van der Waals surface area contributed by atoms with Gasteiger partial charge in [-0.25, -0.2) is 8.42 Å². The van der Waals surface area contributed by atoms with E-state index < -0.39 is 10.0 Å². The van der Waals surface area contributed by atoms with Gasteiger partial charge in [0.05, 0.1) is 11.4 Å². The van der Waals surface area contributed by atoms with Crippen molar-refractivity contribution in [2.75, 3.05) is 32.7 Å². The number of piperazine rings is 1. The van der Waals surface area contributed by atoms with Gasteiger partial charge >= 0.3 is 0 Å². The van der Waals surface area contributed by atoms with Crippen molar-refractivity contribution in [3.63, 3.8) is 0 Å². The monoisotopic (exact) mass is 431 g/mol. The number of benzene rings is 1. The molecule has 0 atom stereocenters. The van der Waals surface area contributed by atoms with Crippen molar-refractivity contribution in [3.8, 4) is 0 Å². The van der Waals surface area contributed by atoms with Crippen LogP contribution >= 0.6 is 0 Å². The van der Waals surface area contributed by atoms with Gasteiger partial charge in [0.15, 0.2) is 5.78 Å². The number of sulfonamides is 1. The number of hydrogen-bond donors (Lipinski definition) is 0. The molecule has 164 valence electrons. The van der Waals surface area contributed by atoms with Crippen molar-refractivity contribution in [3.05, 3.63) is 52.3 Å². The molecule has 0 bridgehead atoms. The molecule has 30 heavy (non-hydrogen) atoms. The molecule has 0 unspecified atom stereocenters. The first-order valence-corrected chi connectivity index (χ1v) is 12.0. The minimum atomic E-state index is -3.51. The maximum absolute atomic E-state index is 13.1. The predicted octanol–water partition coefficient (Wildman–Crippen LogP) is 3.49. The number of Topliss-reactive ketones (excluding diaryl/α,β-unsaturated/α-hetero) is 1. The fraction of sp³-hybridized carbons (Fsp3) is 0.522. The van der Waals surface area contributed by atoms with Crippen LogP contribution in [0.5, 0.6) is 0 Å². The van der Waals surface area contributed by atoms with Crippen LogP contribution in [0, 0.1) is 27.7 Å². The predicted molar refractivity (Wildman–Crippen MR) is 120 cm³/mol. The summed E-state index contributed by atoms with van der Waals surface area (Å²) in [4.78, 5) is 15.3. The van der Waals surface area contributed by atoms with E-state index in [1.807, 2.05) is 45.9 Å². The van der Waals surface area contributed by atoms with Gasteiger partial charge < -0.3 is 4.57 Å². The second kappa shape index (κ2) is 8.65. The van der Waals surface area contributed by atoms with E-state index in [1.54, 1.807) is 6.07 Å². The van der Waals surface area contributed by atoms with Crippen LogP contribution in [-0.4, -0.2) is 60.7 Å². The van der Waals surface area contributed by atoms with E-state index in [4.69, 9.17) is 0 Å². The molecule has 0 N–H and O–H groups in total. The molecule has 1 aliphatic heterocycles. The smallest absolute Gasteiger partial charge is 0.243 e. The molecule has 0 spiro atoms. The summed E-state index contributed by atoms with van der Waals surface area (Å²) in [7, 11) is -3.51. The highest BCUT2D eigenvalue weighted by atomic mass is 32.2. The van der Waals surface area contributed by atoms with E-state index in [1.165, 1.54) is 4.31 Å². The molecule has 7 heteroatoms. The van der Waals surface area contributed by atoms with E-state index in [0.29, 0.717) is 43.7 Å². The third-order valence-electron chi connectivity index (χ3n) is 5.95. The molecule has 0 saturated carbocycles. The first-order chi connectivity index (χ1) is 14.0. The molecular weight excluding hydrogens is 398 g/mol. The Morgan fingerprint density at radius 3 is 2.17 bits per heavy atom. The lowest BCUT2D eigenvalue weighted by Gasteiger charge is -2.33. The molecule has 6 nitrogen and oxygen atoms in total. The summed E-state index contributed by atoms with van der Waals surface area (Å²) in [6.45, 7) is 14.3. The Morgan fingerprint density at radius 2 is 1.63 bits per heavy atom. The van der Waals surface area contributed by atoms with E-state index in [0.717, 1.165) is 28.1 Å². The first kappa shape index (κ1) is 22.7. The van der Waals surface area contributed by atoms with Crippen molar-refractivity contribution >= 4 is 15.8 Å². The van der Waals surface area contributed by atoms with Crippen LogP contribution in [0.25, 0.3) is 0 Å². The van der Waals surface area contributed by atoms with Gasteiger partial charge in [-0.05, 0) is 59.2 Å². The lowest BCUT2D eigenvalue weighted by Crippen LogP contribution is -2.49. The fourth-order valence-electron chi connectivity index (χ4n) is 4.50. The molecular formula is C23H33N3O3S. The number of carbonyl (C=O) groups is 1. The van der Waals surface area contributed by atoms with Crippen LogP contribution in [0.4, 0.5) is 0 Å². The van der Waals surface area contributed by atoms with Crippen molar-refractivity contribution < 1.29 is 13.2 Å². The van der Waals surface area contributed by atoms with Crippen molar-refractivity contribution in [1.82, 2.24) is 13.8 Å². The normalized spacial score (nSPS) is 16.4. The minimum absolute atomic E-state index is 0.0979. The van der Waals surface area contributed by atoms with Crippen LogP contribution in [0.15, 0.2) is 29.2 Å². The Hall–Kier alpha value is -1.96. The largest absolute Gasteiger partial charge is 0.346 e. The van der Waals surface area contributed by atoms with E-state index >= 15 is 0 Å². The maximum Gasteiger partial charge on any atom is 0.243 e. The van der Waals surface area contributed by atoms with Crippen LogP contribution in [0.1, 0.15) is 52.8 Å². The van der Waals surface area contributed by atoms with Gasteiger partial charge in [0, 0.05) is 49.2 Å². The highest BCUT2D eigenvalue weighted by Crippen LogP contribution is 2.23. The summed E-state index contributed by atoms with van der Waals surface area (Å²) in [6.07, 6.45) is 0. The van der Waals surface area contributed by atoms with Gasteiger partial charge in [0.1, 0.15) is 0 Å². The summed E-state index contributed by atoms with van der Waals surface area (Å²) in [5.74, 6) is 0.0979. The number of aryl methyl sites for hydroxylation is 3. The summed E-state index contributed by atoms with van der Waals surface area (Å²) < 4.78 is 29.8. The number of nitrogens with zero attached hydrogens (tertiary/aromatic N) is 3. The molecule has 1 aromatic carbocycles. The molecule has 0 aliphatic carbocycles. The lowest BCUT2D eigenvalue weighted by molar-refractivity contribution is 0.0901. The fourth-order valence-corrected chi connectivity index (χ4v) is 6.13. The van der Waals surface area contributed by atoms with E-state index in [2.05, 4.69) is 23.3 Å². The summed E-state index contributed by atoms with van der Waals surface area (Å²) >= 11 is 0. The van der Waals surface area contributed by atoms with Crippen molar-refractivity contribution in [1.29, 1.82) is 0 Å². The zero-order valence-electron chi connectivity index (χ0n) is 18.9. The molecule has 1 aliphatic rings. The zero-order chi connectivity index (χ0) is 22.2. The lowest BCUT2D eigenvalue weighted by atomic mass is 10.1. The van der Waals surface area contributed by atoms with Gasteiger partial charge in [-0.2, -0.15) is 4.31 Å². The standard InChI is InChI=1S/C23H33N3O3S/c1-16(2)26-19(5)14-21(20(26)6)22(27)15-24-9-11-25(12-10-24)30(28,29)23-8-7-17(3)13-18(23)4/h7-8,13-14,16H,9-12,15H2,1-6H3. The molecule has 2 heterocycles. The van der Waals surface area contributed by atoms with E-state index in [9.17, 15) is 13.2 Å². The molecule has 2 aromatic rings. The highest BCUT2D eigenvalue weighted by molar-refractivity contribution is 7.89.